The number of aromatic nitrogens is 1. The van der Waals surface area contributed by atoms with Crippen molar-refractivity contribution in [3.05, 3.63) is 47.0 Å². The first kappa shape index (κ1) is 13.9. The summed E-state index contributed by atoms with van der Waals surface area (Å²) in [5, 5.41) is 9.35. The smallest absolute Gasteiger partial charge is 0.260 e. The second-order valence-corrected chi connectivity index (χ2v) is 5.44. The number of primary amides is 1. The highest BCUT2D eigenvalue weighted by molar-refractivity contribution is 7.21. The number of carbonyl (C=O) groups excluding carboxylic acids is 1. The molecule has 0 radical (unpaired) electrons. The van der Waals surface area contributed by atoms with Gasteiger partial charge in [0.15, 0.2) is 0 Å². The first-order valence-corrected chi connectivity index (χ1v) is 7.06. The predicted octanol–water partition coefficient (Wildman–Crippen LogP) is 2.64. The number of hydrogen-bond donors (Lipinski definition) is 2. The Hall–Kier alpha value is -3.11. The first-order chi connectivity index (χ1) is 10.6. The molecule has 2 aromatic heterocycles. The van der Waals surface area contributed by atoms with E-state index in [4.69, 9.17) is 21.5 Å². The number of anilines is 1. The van der Waals surface area contributed by atoms with Crippen molar-refractivity contribution in [2.45, 2.75) is 0 Å². The molecule has 0 bridgehead atoms. The van der Waals surface area contributed by atoms with E-state index >= 15 is 0 Å². The molecule has 3 rings (SSSR count). The number of carbonyl (C=O) groups is 1. The zero-order valence-electron chi connectivity index (χ0n) is 11.2. The molecule has 7 heteroatoms. The molecule has 0 aliphatic heterocycles. The number of benzene rings is 1. The van der Waals surface area contributed by atoms with Gasteiger partial charge in [0.2, 0.25) is 0 Å². The summed E-state index contributed by atoms with van der Waals surface area (Å²) < 4.78 is 5.79. The number of amides is 1. The van der Waals surface area contributed by atoms with Gasteiger partial charge in [-0.15, -0.1) is 11.3 Å². The molecule has 0 fully saturated rings. The number of fused-ring (bicyclic) bond motifs is 1. The second kappa shape index (κ2) is 5.35. The number of ether oxygens (including phenoxy) is 1. The predicted molar refractivity (Wildman–Crippen MR) is 83.8 cm³/mol. The minimum atomic E-state index is -0.593. The average molecular weight is 310 g/mol. The van der Waals surface area contributed by atoms with Crippen molar-refractivity contribution >= 4 is 33.1 Å². The largest absolute Gasteiger partial charge is 0.456 e. The molecule has 0 aliphatic carbocycles. The molecule has 3 aromatic rings. The summed E-state index contributed by atoms with van der Waals surface area (Å²) in [6, 6.07) is 10.4. The van der Waals surface area contributed by atoms with E-state index in [1.807, 2.05) is 6.07 Å². The van der Waals surface area contributed by atoms with Crippen molar-refractivity contribution in [3.8, 4) is 17.6 Å². The van der Waals surface area contributed by atoms with Crippen LogP contribution in [0.4, 0.5) is 5.69 Å². The molecule has 0 saturated carbocycles. The van der Waals surface area contributed by atoms with Gasteiger partial charge in [-0.25, -0.2) is 4.98 Å². The number of nitriles is 1. The SMILES string of the molecule is N#Cc1ccc(Oc2ccnc3sc(C(N)=O)c(N)c23)cc1. The molecule has 1 aromatic carbocycles. The number of thiophene rings is 1. The van der Waals surface area contributed by atoms with Crippen molar-refractivity contribution < 1.29 is 9.53 Å². The van der Waals surface area contributed by atoms with Crippen LogP contribution >= 0.6 is 11.3 Å². The van der Waals surface area contributed by atoms with Crippen molar-refractivity contribution in [2.24, 2.45) is 5.73 Å². The summed E-state index contributed by atoms with van der Waals surface area (Å²) >= 11 is 1.13. The lowest BCUT2D eigenvalue weighted by atomic mass is 10.2. The molecule has 4 N–H and O–H groups in total. The van der Waals surface area contributed by atoms with E-state index in [1.165, 1.54) is 0 Å². The Morgan fingerprint density at radius 3 is 2.64 bits per heavy atom. The van der Waals surface area contributed by atoms with E-state index in [0.29, 0.717) is 27.3 Å². The highest BCUT2D eigenvalue weighted by Gasteiger charge is 2.18. The maximum absolute atomic E-state index is 11.4. The number of pyridine rings is 1. The number of rotatable bonds is 3. The minimum absolute atomic E-state index is 0.262. The van der Waals surface area contributed by atoms with Gasteiger partial charge in [-0.1, -0.05) is 0 Å². The van der Waals surface area contributed by atoms with Crippen LogP contribution in [0.25, 0.3) is 10.2 Å². The van der Waals surface area contributed by atoms with E-state index in [2.05, 4.69) is 4.98 Å². The molecule has 22 heavy (non-hydrogen) atoms. The van der Waals surface area contributed by atoms with Gasteiger partial charge in [-0.05, 0) is 30.3 Å². The molecule has 108 valence electrons. The van der Waals surface area contributed by atoms with Gasteiger partial charge in [-0.3, -0.25) is 4.79 Å². The van der Waals surface area contributed by atoms with E-state index < -0.39 is 5.91 Å². The molecular weight excluding hydrogens is 300 g/mol. The minimum Gasteiger partial charge on any atom is -0.456 e. The Balaban J connectivity index is 2.06. The van der Waals surface area contributed by atoms with Crippen LogP contribution in [0, 0.1) is 11.3 Å². The van der Waals surface area contributed by atoms with E-state index in [-0.39, 0.29) is 10.6 Å². The van der Waals surface area contributed by atoms with Crippen LogP contribution in [0.5, 0.6) is 11.5 Å². The van der Waals surface area contributed by atoms with Crippen molar-refractivity contribution in [3.63, 3.8) is 0 Å². The Morgan fingerprint density at radius 2 is 2.00 bits per heavy atom. The van der Waals surface area contributed by atoms with E-state index in [9.17, 15) is 4.79 Å². The number of nitrogens with zero attached hydrogens (tertiary/aromatic N) is 2. The standard InChI is InChI=1S/C15H10N4O2S/c16-7-8-1-3-9(4-2-8)21-10-5-6-19-15-11(10)12(17)13(22-15)14(18)20/h1-6H,17H2,(H2,18,20). The summed E-state index contributed by atoms with van der Waals surface area (Å²) in [5.41, 5.74) is 12.1. The van der Waals surface area contributed by atoms with Crippen LogP contribution in [0.1, 0.15) is 15.2 Å². The van der Waals surface area contributed by atoms with Crippen LogP contribution in [0.15, 0.2) is 36.5 Å². The maximum Gasteiger partial charge on any atom is 0.260 e. The summed E-state index contributed by atoms with van der Waals surface area (Å²) in [5.74, 6) is 0.443. The Bertz CT molecular complexity index is 910. The van der Waals surface area contributed by atoms with E-state index in [0.717, 1.165) is 11.3 Å². The molecule has 1 amide bonds. The van der Waals surface area contributed by atoms with Crippen LogP contribution in [0.2, 0.25) is 0 Å². The molecule has 2 heterocycles. The summed E-state index contributed by atoms with van der Waals surface area (Å²) in [6.07, 6.45) is 1.57. The normalized spacial score (nSPS) is 10.3. The van der Waals surface area contributed by atoms with Gasteiger partial charge in [-0.2, -0.15) is 5.26 Å². The molecule has 0 unspecified atom stereocenters. The molecule has 0 atom stereocenters. The lowest BCUT2D eigenvalue weighted by molar-refractivity contribution is 0.100. The molecule has 6 nitrogen and oxygen atoms in total. The summed E-state index contributed by atoms with van der Waals surface area (Å²) in [6.45, 7) is 0. The molecule has 0 saturated heterocycles. The molecule has 0 spiro atoms. The quantitative estimate of drug-likeness (QED) is 0.771. The monoisotopic (exact) mass is 310 g/mol. The number of nitrogen functional groups attached to an aromatic ring is 1. The fourth-order valence-electron chi connectivity index (χ4n) is 2.01. The third kappa shape index (κ3) is 2.32. The van der Waals surface area contributed by atoms with Crippen molar-refractivity contribution in [2.75, 3.05) is 5.73 Å². The van der Waals surface area contributed by atoms with Crippen LogP contribution in [-0.2, 0) is 0 Å². The fraction of sp³-hybridized carbons (Fsp3) is 0. The molecular formula is C15H10N4O2S. The van der Waals surface area contributed by atoms with Gasteiger partial charge in [0.25, 0.3) is 5.91 Å². The highest BCUT2D eigenvalue weighted by Crippen LogP contribution is 2.39. The van der Waals surface area contributed by atoms with E-state index in [1.54, 1.807) is 36.5 Å². The Labute approximate surface area is 129 Å². The van der Waals surface area contributed by atoms with Gasteiger partial charge in [0.05, 0.1) is 22.7 Å². The third-order valence-electron chi connectivity index (χ3n) is 3.03. The number of hydrogen-bond acceptors (Lipinski definition) is 6. The third-order valence-corrected chi connectivity index (χ3v) is 4.15. The fourth-order valence-corrected chi connectivity index (χ4v) is 2.94. The highest BCUT2D eigenvalue weighted by atomic mass is 32.1. The van der Waals surface area contributed by atoms with Gasteiger partial charge in [0, 0.05) is 6.20 Å². The zero-order valence-corrected chi connectivity index (χ0v) is 12.1. The average Bonchev–Trinajstić information content (AvgIpc) is 2.86. The van der Waals surface area contributed by atoms with Gasteiger partial charge < -0.3 is 16.2 Å². The van der Waals surface area contributed by atoms with Crippen LogP contribution < -0.4 is 16.2 Å². The van der Waals surface area contributed by atoms with Gasteiger partial charge in [0.1, 0.15) is 21.2 Å². The Kier molecular flexibility index (Phi) is 3.37. The van der Waals surface area contributed by atoms with Gasteiger partial charge >= 0.3 is 0 Å². The second-order valence-electron chi connectivity index (χ2n) is 4.44. The van der Waals surface area contributed by atoms with Crippen LogP contribution in [0.3, 0.4) is 0 Å². The summed E-state index contributed by atoms with van der Waals surface area (Å²) in [4.78, 5) is 16.4. The maximum atomic E-state index is 11.4. The van der Waals surface area contributed by atoms with Crippen LogP contribution in [-0.4, -0.2) is 10.9 Å². The van der Waals surface area contributed by atoms with Crippen molar-refractivity contribution in [1.29, 1.82) is 5.26 Å². The lowest BCUT2D eigenvalue weighted by Gasteiger charge is -2.07. The first-order valence-electron chi connectivity index (χ1n) is 6.25. The number of nitrogens with two attached hydrogens (primary N) is 2. The van der Waals surface area contributed by atoms with Crippen molar-refractivity contribution in [1.82, 2.24) is 4.98 Å². The molecule has 0 aliphatic rings. The lowest BCUT2D eigenvalue weighted by Crippen LogP contribution is -2.10. The topological polar surface area (TPSA) is 115 Å². The zero-order chi connectivity index (χ0) is 15.7. The summed E-state index contributed by atoms with van der Waals surface area (Å²) in [7, 11) is 0. The Morgan fingerprint density at radius 1 is 1.27 bits per heavy atom.